The molecule has 0 aromatic heterocycles. The SMILES string of the molecule is CCCC[Si](C)(C)CCCCCc1ccc(CCC(N)(C(=O)OCC)C(=O)OCC)cc1. The number of ether oxygens (including phenoxy) is 2. The van der Waals surface area contributed by atoms with Crippen LogP contribution in [0.15, 0.2) is 24.3 Å². The standard InChI is InChI=1S/C26H45NO4Si/c1-6-9-20-32(4,5)21-12-10-11-13-22-14-16-23(17-15-22)18-19-26(27,24(28)30-7-2)25(29)31-8-3/h14-17H,6-13,18-21,27H2,1-5H3. The Balaban J connectivity index is 2.50. The van der Waals surface area contributed by atoms with Gasteiger partial charge in [0.25, 0.3) is 0 Å². The van der Waals surface area contributed by atoms with Gasteiger partial charge in [-0.15, -0.1) is 0 Å². The fourth-order valence-electron chi connectivity index (χ4n) is 3.91. The molecule has 0 aliphatic heterocycles. The molecule has 1 aromatic carbocycles. The quantitative estimate of drug-likeness (QED) is 0.148. The number of hydrogen-bond acceptors (Lipinski definition) is 5. The van der Waals surface area contributed by atoms with Gasteiger partial charge in [-0.3, -0.25) is 0 Å². The average Bonchev–Trinajstić information content (AvgIpc) is 2.77. The Morgan fingerprint density at radius 2 is 1.31 bits per heavy atom. The van der Waals surface area contributed by atoms with Crippen molar-refractivity contribution in [3.8, 4) is 0 Å². The topological polar surface area (TPSA) is 78.6 Å². The summed E-state index contributed by atoms with van der Waals surface area (Å²) in [7, 11) is -0.989. The molecule has 0 atom stereocenters. The zero-order chi connectivity index (χ0) is 24.0. The second-order valence-corrected chi connectivity index (χ2v) is 14.9. The summed E-state index contributed by atoms with van der Waals surface area (Å²) >= 11 is 0. The third kappa shape index (κ3) is 9.86. The number of rotatable bonds is 16. The van der Waals surface area contributed by atoms with E-state index < -0.39 is 25.6 Å². The number of aryl methyl sites for hydroxylation is 2. The van der Waals surface area contributed by atoms with Gasteiger partial charge in [-0.05, 0) is 50.7 Å². The zero-order valence-corrected chi connectivity index (χ0v) is 22.0. The van der Waals surface area contributed by atoms with Gasteiger partial charge >= 0.3 is 11.9 Å². The van der Waals surface area contributed by atoms with Crippen LogP contribution in [0.4, 0.5) is 0 Å². The maximum absolute atomic E-state index is 12.3. The van der Waals surface area contributed by atoms with Crippen LogP contribution in [0.25, 0.3) is 0 Å². The Morgan fingerprint density at radius 3 is 1.81 bits per heavy atom. The molecule has 0 saturated heterocycles. The molecule has 0 radical (unpaired) electrons. The third-order valence-electron chi connectivity index (χ3n) is 6.14. The van der Waals surface area contributed by atoms with Crippen molar-refractivity contribution < 1.29 is 19.1 Å². The van der Waals surface area contributed by atoms with Gasteiger partial charge in [0.15, 0.2) is 0 Å². The summed E-state index contributed by atoms with van der Waals surface area (Å²) in [5.41, 5.74) is 6.74. The molecule has 0 amide bonds. The van der Waals surface area contributed by atoms with E-state index in [-0.39, 0.29) is 19.6 Å². The molecule has 0 spiro atoms. The number of unbranched alkanes of at least 4 members (excludes halogenated alkanes) is 3. The maximum Gasteiger partial charge on any atom is 0.337 e. The summed E-state index contributed by atoms with van der Waals surface area (Å²) in [6, 6.07) is 11.3. The molecule has 0 bridgehead atoms. The molecule has 0 heterocycles. The third-order valence-corrected chi connectivity index (χ3v) is 9.55. The number of carbonyl (C=O) groups excluding carboxylic acids is 2. The Bertz CT molecular complexity index is 670. The highest BCUT2D eigenvalue weighted by Crippen LogP contribution is 2.22. The second-order valence-electron chi connectivity index (χ2n) is 9.56. The van der Waals surface area contributed by atoms with Crippen LogP contribution in [0.2, 0.25) is 25.2 Å². The molecule has 2 N–H and O–H groups in total. The molecular formula is C26H45NO4Si. The Labute approximate surface area is 196 Å². The highest BCUT2D eigenvalue weighted by molar-refractivity contribution is 6.77. The smallest absolute Gasteiger partial charge is 0.337 e. The highest BCUT2D eigenvalue weighted by atomic mass is 28.3. The van der Waals surface area contributed by atoms with Crippen LogP contribution in [-0.2, 0) is 31.9 Å². The molecule has 182 valence electrons. The minimum atomic E-state index is -1.76. The fourth-order valence-corrected chi connectivity index (χ4v) is 6.68. The van der Waals surface area contributed by atoms with Crippen LogP contribution in [0.5, 0.6) is 0 Å². The van der Waals surface area contributed by atoms with Crippen molar-refractivity contribution in [2.45, 2.75) is 103 Å². The Hall–Kier alpha value is -1.66. The highest BCUT2D eigenvalue weighted by Gasteiger charge is 2.44. The number of nitrogens with two attached hydrogens (primary N) is 1. The molecule has 0 saturated carbocycles. The van der Waals surface area contributed by atoms with E-state index in [1.807, 2.05) is 0 Å². The monoisotopic (exact) mass is 463 g/mol. The van der Waals surface area contributed by atoms with Gasteiger partial charge in [-0.2, -0.15) is 0 Å². The van der Waals surface area contributed by atoms with E-state index in [2.05, 4.69) is 44.3 Å². The molecule has 1 rings (SSSR count). The van der Waals surface area contributed by atoms with Crippen LogP contribution >= 0.6 is 0 Å². The predicted octanol–water partition coefficient (Wildman–Crippen LogP) is 5.66. The van der Waals surface area contributed by atoms with Crippen LogP contribution in [0, 0.1) is 0 Å². The van der Waals surface area contributed by atoms with Gasteiger partial charge in [0.2, 0.25) is 5.54 Å². The summed E-state index contributed by atoms with van der Waals surface area (Å²) in [6.45, 7) is 11.1. The predicted molar refractivity (Wildman–Crippen MR) is 135 cm³/mol. The van der Waals surface area contributed by atoms with Crippen LogP contribution < -0.4 is 5.73 Å². The molecule has 0 aliphatic carbocycles. The number of benzene rings is 1. The molecule has 0 fully saturated rings. The van der Waals surface area contributed by atoms with E-state index >= 15 is 0 Å². The van der Waals surface area contributed by atoms with E-state index in [4.69, 9.17) is 15.2 Å². The summed E-state index contributed by atoms with van der Waals surface area (Å²) in [4.78, 5) is 24.6. The number of esters is 2. The van der Waals surface area contributed by atoms with E-state index in [9.17, 15) is 9.59 Å². The fraction of sp³-hybridized carbons (Fsp3) is 0.692. The van der Waals surface area contributed by atoms with Crippen LogP contribution in [0.1, 0.15) is 70.4 Å². The lowest BCUT2D eigenvalue weighted by molar-refractivity contribution is -0.164. The summed E-state index contributed by atoms with van der Waals surface area (Å²) in [5, 5.41) is 0. The molecule has 6 heteroatoms. The first-order valence-electron chi connectivity index (χ1n) is 12.4. The minimum Gasteiger partial charge on any atom is -0.464 e. The van der Waals surface area contributed by atoms with E-state index in [1.165, 1.54) is 49.8 Å². The van der Waals surface area contributed by atoms with E-state index in [0.717, 1.165) is 12.0 Å². The van der Waals surface area contributed by atoms with Gasteiger partial charge in [-0.1, -0.05) is 82.1 Å². The van der Waals surface area contributed by atoms with Gasteiger partial charge < -0.3 is 15.2 Å². The first-order chi connectivity index (χ1) is 15.2. The zero-order valence-electron chi connectivity index (χ0n) is 21.0. The van der Waals surface area contributed by atoms with Gasteiger partial charge in [0, 0.05) is 8.07 Å². The molecular weight excluding hydrogens is 418 g/mol. The first kappa shape index (κ1) is 28.4. The van der Waals surface area contributed by atoms with Crippen molar-refractivity contribution in [1.29, 1.82) is 0 Å². The maximum atomic E-state index is 12.3. The van der Waals surface area contributed by atoms with Crippen molar-refractivity contribution in [3.05, 3.63) is 35.4 Å². The van der Waals surface area contributed by atoms with Gasteiger partial charge in [0.05, 0.1) is 13.2 Å². The first-order valence-corrected chi connectivity index (χ1v) is 15.8. The van der Waals surface area contributed by atoms with Crippen LogP contribution in [0.3, 0.4) is 0 Å². The molecule has 32 heavy (non-hydrogen) atoms. The van der Waals surface area contributed by atoms with Crippen molar-refractivity contribution in [1.82, 2.24) is 0 Å². The lowest BCUT2D eigenvalue weighted by atomic mass is 9.91. The Morgan fingerprint density at radius 1 is 0.812 bits per heavy atom. The van der Waals surface area contributed by atoms with Crippen molar-refractivity contribution >= 4 is 20.0 Å². The van der Waals surface area contributed by atoms with Crippen molar-refractivity contribution in [2.75, 3.05) is 13.2 Å². The molecule has 5 nitrogen and oxygen atoms in total. The van der Waals surface area contributed by atoms with E-state index in [0.29, 0.717) is 6.42 Å². The lowest BCUT2D eigenvalue weighted by Gasteiger charge is -2.24. The molecule has 0 aliphatic rings. The van der Waals surface area contributed by atoms with Crippen molar-refractivity contribution in [3.63, 3.8) is 0 Å². The average molecular weight is 464 g/mol. The van der Waals surface area contributed by atoms with Gasteiger partial charge in [0.1, 0.15) is 0 Å². The van der Waals surface area contributed by atoms with Gasteiger partial charge in [-0.25, -0.2) is 9.59 Å². The summed E-state index contributed by atoms with van der Waals surface area (Å²) in [5.74, 6) is -1.45. The summed E-state index contributed by atoms with van der Waals surface area (Å²) in [6.07, 6.45) is 8.30. The minimum absolute atomic E-state index is 0.154. The van der Waals surface area contributed by atoms with E-state index in [1.54, 1.807) is 13.8 Å². The molecule has 0 unspecified atom stereocenters. The normalized spacial score (nSPS) is 11.9. The van der Waals surface area contributed by atoms with Crippen LogP contribution in [-0.4, -0.2) is 38.8 Å². The Kier molecular flexibility index (Phi) is 12.8. The largest absolute Gasteiger partial charge is 0.464 e. The second kappa shape index (κ2) is 14.5. The number of carbonyl (C=O) groups is 2. The molecule has 1 aromatic rings. The lowest BCUT2D eigenvalue weighted by Crippen LogP contribution is -2.57. The van der Waals surface area contributed by atoms with Crippen molar-refractivity contribution in [2.24, 2.45) is 5.73 Å². The summed E-state index contributed by atoms with van der Waals surface area (Å²) < 4.78 is 10.0. The number of hydrogen-bond donors (Lipinski definition) is 1.